The molecule has 82 valence electrons. The third kappa shape index (κ3) is 2.76. The van der Waals surface area contributed by atoms with E-state index in [1.807, 2.05) is 12.3 Å². The standard InChI is InChI=1S/C12H19N3/c1-10-4-3-5-14-12(10)9-15-7-6-13-11(2)8-15/h3-5,11,13H,6-9H2,1-2H3/t11-/m0/s1. The van der Waals surface area contributed by atoms with E-state index < -0.39 is 0 Å². The Morgan fingerprint density at radius 1 is 1.60 bits per heavy atom. The van der Waals surface area contributed by atoms with Crippen molar-refractivity contribution < 1.29 is 0 Å². The summed E-state index contributed by atoms with van der Waals surface area (Å²) >= 11 is 0. The van der Waals surface area contributed by atoms with Crippen molar-refractivity contribution >= 4 is 0 Å². The summed E-state index contributed by atoms with van der Waals surface area (Å²) in [6.45, 7) is 8.69. The first-order chi connectivity index (χ1) is 7.25. The molecule has 1 fully saturated rings. The first-order valence-corrected chi connectivity index (χ1v) is 5.62. The van der Waals surface area contributed by atoms with Crippen LogP contribution in [0.25, 0.3) is 0 Å². The zero-order chi connectivity index (χ0) is 10.7. The van der Waals surface area contributed by atoms with Gasteiger partial charge in [0.2, 0.25) is 0 Å². The maximum absolute atomic E-state index is 4.44. The summed E-state index contributed by atoms with van der Waals surface area (Å²) in [6.07, 6.45) is 1.88. The molecule has 1 aliphatic heterocycles. The Bertz CT molecular complexity index is 324. The number of nitrogens with zero attached hydrogens (tertiary/aromatic N) is 2. The first-order valence-electron chi connectivity index (χ1n) is 5.62. The van der Waals surface area contributed by atoms with E-state index in [4.69, 9.17) is 0 Å². The topological polar surface area (TPSA) is 28.2 Å². The molecular formula is C12H19N3. The van der Waals surface area contributed by atoms with Crippen molar-refractivity contribution in [3.8, 4) is 0 Å². The van der Waals surface area contributed by atoms with Crippen LogP contribution in [-0.4, -0.2) is 35.6 Å². The Morgan fingerprint density at radius 3 is 3.20 bits per heavy atom. The number of hydrogen-bond donors (Lipinski definition) is 1. The highest BCUT2D eigenvalue weighted by Crippen LogP contribution is 2.09. The van der Waals surface area contributed by atoms with Crippen LogP contribution in [0, 0.1) is 6.92 Å². The number of nitrogens with one attached hydrogen (secondary N) is 1. The van der Waals surface area contributed by atoms with Gasteiger partial charge in [-0.2, -0.15) is 0 Å². The fraction of sp³-hybridized carbons (Fsp3) is 0.583. The molecular weight excluding hydrogens is 186 g/mol. The van der Waals surface area contributed by atoms with Crippen molar-refractivity contribution in [3.63, 3.8) is 0 Å². The van der Waals surface area contributed by atoms with Gasteiger partial charge in [-0.25, -0.2) is 0 Å². The summed E-state index contributed by atoms with van der Waals surface area (Å²) in [5.74, 6) is 0. The van der Waals surface area contributed by atoms with E-state index in [1.54, 1.807) is 0 Å². The minimum absolute atomic E-state index is 0.600. The molecule has 1 aromatic rings. The quantitative estimate of drug-likeness (QED) is 0.786. The second-order valence-corrected chi connectivity index (χ2v) is 4.36. The van der Waals surface area contributed by atoms with Gasteiger partial charge in [0.1, 0.15) is 0 Å². The minimum Gasteiger partial charge on any atom is -0.312 e. The minimum atomic E-state index is 0.600. The second kappa shape index (κ2) is 4.73. The summed E-state index contributed by atoms with van der Waals surface area (Å²) in [5.41, 5.74) is 2.51. The van der Waals surface area contributed by atoms with E-state index in [2.05, 4.69) is 35.1 Å². The number of aryl methyl sites for hydroxylation is 1. The molecule has 0 aliphatic carbocycles. The highest BCUT2D eigenvalue weighted by molar-refractivity contribution is 5.17. The molecule has 0 bridgehead atoms. The number of hydrogen-bond acceptors (Lipinski definition) is 3. The molecule has 0 aromatic carbocycles. The van der Waals surface area contributed by atoms with Gasteiger partial charge in [0.25, 0.3) is 0 Å². The van der Waals surface area contributed by atoms with Gasteiger partial charge < -0.3 is 5.32 Å². The Kier molecular flexibility index (Phi) is 3.34. The predicted molar refractivity (Wildman–Crippen MR) is 61.7 cm³/mol. The van der Waals surface area contributed by atoms with Gasteiger partial charge in [-0.3, -0.25) is 9.88 Å². The van der Waals surface area contributed by atoms with Gasteiger partial charge in [0.15, 0.2) is 0 Å². The van der Waals surface area contributed by atoms with Crippen molar-refractivity contribution in [3.05, 3.63) is 29.6 Å². The van der Waals surface area contributed by atoms with Gasteiger partial charge in [0, 0.05) is 38.4 Å². The largest absolute Gasteiger partial charge is 0.312 e. The summed E-state index contributed by atoms with van der Waals surface area (Å²) < 4.78 is 0. The van der Waals surface area contributed by atoms with Crippen LogP contribution < -0.4 is 5.32 Å². The lowest BCUT2D eigenvalue weighted by Crippen LogP contribution is -2.48. The number of piperazine rings is 1. The lowest BCUT2D eigenvalue weighted by atomic mass is 10.2. The Balaban J connectivity index is 1.99. The van der Waals surface area contributed by atoms with Crippen molar-refractivity contribution in [2.45, 2.75) is 26.4 Å². The zero-order valence-corrected chi connectivity index (χ0v) is 9.53. The van der Waals surface area contributed by atoms with Crippen molar-refractivity contribution in [1.82, 2.24) is 15.2 Å². The fourth-order valence-corrected chi connectivity index (χ4v) is 2.05. The number of rotatable bonds is 2. The number of aromatic nitrogens is 1. The lowest BCUT2D eigenvalue weighted by Gasteiger charge is -2.31. The molecule has 0 unspecified atom stereocenters. The van der Waals surface area contributed by atoms with E-state index in [-0.39, 0.29) is 0 Å². The fourth-order valence-electron chi connectivity index (χ4n) is 2.05. The van der Waals surface area contributed by atoms with Crippen LogP contribution in [0.15, 0.2) is 18.3 Å². The summed E-state index contributed by atoms with van der Waals surface area (Å²) in [4.78, 5) is 6.90. The lowest BCUT2D eigenvalue weighted by molar-refractivity contribution is 0.197. The molecule has 3 heteroatoms. The van der Waals surface area contributed by atoms with E-state index in [0.29, 0.717) is 6.04 Å². The van der Waals surface area contributed by atoms with Crippen LogP contribution in [0.1, 0.15) is 18.2 Å². The molecule has 0 spiro atoms. The molecule has 2 heterocycles. The molecule has 0 amide bonds. The van der Waals surface area contributed by atoms with Gasteiger partial charge in [0.05, 0.1) is 5.69 Å². The molecule has 1 atom stereocenters. The molecule has 0 radical (unpaired) electrons. The van der Waals surface area contributed by atoms with E-state index in [1.165, 1.54) is 11.3 Å². The Labute approximate surface area is 91.5 Å². The Morgan fingerprint density at radius 2 is 2.47 bits per heavy atom. The number of pyridine rings is 1. The first kappa shape index (κ1) is 10.6. The van der Waals surface area contributed by atoms with Gasteiger partial charge in [-0.05, 0) is 25.5 Å². The predicted octanol–water partition coefficient (Wildman–Crippen LogP) is 1.18. The average molecular weight is 205 g/mol. The SMILES string of the molecule is Cc1cccnc1CN1CCN[C@@H](C)C1. The molecule has 1 N–H and O–H groups in total. The van der Waals surface area contributed by atoms with Crippen molar-refractivity contribution in [2.24, 2.45) is 0 Å². The van der Waals surface area contributed by atoms with Crippen LogP contribution in [0.4, 0.5) is 0 Å². The van der Waals surface area contributed by atoms with E-state index in [0.717, 1.165) is 26.2 Å². The molecule has 15 heavy (non-hydrogen) atoms. The molecule has 1 saturated heterocycles. The molecule has 0 saturated carbocycles. The van der Waals surface area contributed by atoms with Crippen LogP contribution >= 0.6 is 0 Å². The molecule has 1 aliphatic rings. The van der Waals surface area contributed by atoms with Crippen LogP contribution in [-0.2, 0) is 6.54 Å². The Hall–Kier alpha value is -0.930. The molecule has 3 nitrogen and oxygen atoms in total. The van der Waals surface area contributed by atoms with Gasteiger partial charge in [-0.15, -0.1) is 0 Å². The van der Waals surface area contributed by atoms with E-state index in [9.17, 15) is 0 Å². The average Bonchev–Trinajstić information content (AvgIpc) is 2.22. The molecule has 2 rings (SSSR count). The highest BCUT2D eigenvalue weighted by atomic mass is 15.2. The highest BCUT2D eigenvalue weighted by Gasteiger charge is 2.16. The third-order valence-electron chi connectivity index (χ3n) is 2.94. The van der Waals surface area contributed by atoms with Crippen molar-refractivity contribution in [1.29, 1.82) is 0 Å². The van der Waals surface area contributed by atoms with Crippen LogP contribution in [0.3, 0.4) is 0 Å². The third-order valence-corrected chi connectivity index (χ3v) is 2.94. The normalized spacial score (nSPS) is 22.9. The monoisotopic (exact) mass is 205 g/mol. The van der Waals surface area contributed by atoms with Crippen LogP contribution in [0.5, 0.6) is 0 Å². The molecule has 1 aromatic heterocycles. The summed E-state index contributed by atoms with van der Waals surface area (Å²) in [5, 5.41) is 3.45. The maximum atomic E-state index is 4.44. The summed E-state index contributed by atoms with van der Waals surface area (Å²) in [6, 6.07) is 4.73. The zero-order valence-electron chi connectivity index (χ0n) is 9.53. The maximum Gasteiger partial charge on any atom is 0.0573 e. The van der Waals surface area contributed by atoms with Crippen molar-refractivity contribution in [2.75, 3.05) is 19.6 Å². The summed E-state index contributed by atoms with van der Waals surface area (Å²) in [7, 11) is 0. The smallest absolute Gasteiger partial charge is 0.0573 e. The van der Waals surface area contributed by atoms with E-state index >= 15 is 0 Å². The van der Waals surface area contributed by atoms with Gasteiger partial charge >= 0.3 is 0 Å². The second-order valence-electron chi connectivity index (χ2n) is 4.36. The van der Waals surface area contributed by atoms with Gasteiger partial charge in [-0.1, -0.05) is 6.07 Å². The van der Waals surface area contributed by atoms with Crippen LogP contribution in [0.2, 0.25) is 0 Å².